The molecule has 1 aliphatic carbocycles. The van der Waals surface area contributed by atoms with Crippen LogP contribution in [0.25, 0.3) is 87.7 Å². The molecule has 0 saturated carbocycles. The van der Waals surface area contributed by atoms with Gasteiger partial charge in [-0.1, -0.05) is 159 Å². The van der Waals surface area contributed by atoms with Crippen molar-refractivity contribution in [2.75, 3.05) is 0 Å². The zero-order valence-electron chi connectivity index (χ0n) is 28.8. The van der Waals surface area contributed by atoms with E-state index in [9.17, 15) is 0 Å². The van der Waals surface area contributed by atoms with Crippen LogP contribution in [0, 0.1) is 0 Å². The van der Waals surface area contributed by atoms with Crippen LogP contribution in [-0.4, -0.2) is 15.0 Å². The van der Waals surface area contributed by atoms with Gasteiger partial charge < -0.3 is 0 Å². The summed E-state index contributed by atoms with van der Waals surface area (Å²) in [5.74, 6) is 1.99. The van der Waals surface area contributed by atoms with Gasteiger partial charge in [-0.15, -0.1) is 11.3 Å². The second kappa shape index (κ2) is 11.9. The zero-order chi connectivity index (χ0) is 34.8. The maximum atomic E-state index is 5.23. The molecule has 9 aromatic rings. The highest BCUT2D eigenvalue weighted by atomic mass is 32.1. The van der Waals surface area contributed by atoms with Crippen LogP contribution in [0.3, 0.4) is 0 Å². The first-order valence-corrected chi connectivity index (χ1v) is 18.5. The van der Waals surface area contributed by atoms with Crippen molar-refractivity contribution in [1.29, 1.82) is 0 Å². The first-order chi connectivity index (χ1) is 25.5. The third-order valence-electron chi connectivity index (χ3n) is 10.5. The van der Waals surface area contributed by atoms with E-state index >= 15 is 0 Å². The van der Waals surface area contributed by atoms with Crippen molar-refractivity contribution < 1.29 is 0 Å². The second-order valence-electron chi connectivity index (χ2n) is 14.0. The van der Waals surface area contributed by atoms with Crippen molar-refractivity contribution >= 4 is 31.5 Å². The minimum atomic E-state index is -0.120. The van der Waals surface area contributed by atoms with E-state index in [1.54, 1.807) is 0 Å². The molecule has 0 atom stereocenters. The predicted octanol–water partition coefficient (Wildman–Crippen LogP) is 12.9. The number of hydrogen-bond donors (Lipinski definition) is 0. The van der Waals surface area contributed by atoms with Gasteiger partial charge in [-0.05, 0) is 62.7 Å². The molecule has 52 heavy (non-hydrogen) atoms. The van der Waals surface area contributed by atoms with Gasteiger partial charge in [-0.25, -0.2) is 15.0 Å². The van der Waals surface area contributed by atoms with Gasteiger partial charge in [-0.2, -0.15) is 0 Å². The third-order valence-corrected chi connectivity index (χ3v) is 11.8. The number of fused-ring (bicyclic) bond motifs is 6. The molecule has 2 aromatic heterocycles. The number of thiophene rings is 1. The summed E-state index contributed by atoms with van der Waals surface area (Å²) in [6, 6.07) is 58.3. The van der Waals surface area contributed by atoms with E-state index in [0.29, 0.717) is 17.5 Å². The van der Waals surface area contributed by atoms with Gasteiger partial charge in [-0.3, -0.25) is 0 Å². The van der Waals surface area contributed by atoms with Gasteiger partial charge in [0.15, 0.2) is 17.5 Å². The molecule has 0 saturated heterocycles. The van der Waals surface area contributed by atoms with Crippen LogP contribution in [0.1, 0.15) is 25.0 Å². The third kappa shape index (κ3) is 4.90. The summed E-state index contributed by atoms with van der Waals surface area (Å²) in [6.45, 7) is 4.61. The average molecular weight is 684 g/mol. The smallest absolute Gasteiger partial charge is 0.164 e. The van der Waals surface area contributed by atoms with Crippen molar-refractivity contribution in [3.63, 3.8) is 0 Å². The fourth-order valence-electron chi connectivity index (χ4n) is 7.96. The summed E-state index contributed by atoms with van der Waals surface area (Å²) in [5.41, 5.74) is 12.6. The zero-order valence-corrected chi connectivity index (χ0v) is 29.7. The molecule has 0 radical (unpaired) electrons. The minimum Gasteiger partial charge on any atom is -0.208 e. The number of hydrogen-bond acceptors (Lipinski definition) is 4. The highest BCUT2D eigenvalue weighted by Gasteiger charge is 2.37. The Balaban J connectivity index is 1.11. The monoisotopic (exact) mass is 683 g/mol. The summed E-state index contributed by atoms with van der Waals surface area (Å²) >= 11 is 1.86. The maximum absolute atomic E-state index is 5.23. The van der Waals surface area contributed by atoms with E-state index in [2.05, 4.69) is 159 Å². The number of rotatable bonds is 5. The lowest BCUT2D eigenvalue weighted by atomic mass is 9.82. The molecule has 2 heterocycles. The lowest BCUT2D eigenvalue weighted by Gasteiger charge is -2.21. The largest absolute Gasteiger partial charge is 0.208 e. The first-order valence-electron chi connectivity index (χ1n) is 17.7. The Morgan fingerprint density at radius 2 is 0.942 bits per heavy atom. The molecule has 0 amide bonds. The van der Waals surface area contributed by atoms with Gasteiger partial charge in [0.1, 0.15) is 0 Å². The van der Waals surface area contributed by atoms with Crippen molar-refractivity contribution in [2.24, 2.45) is 0 Å². The number of benzene rings is 7. The normalized spacial score (nSPS) is 13.0. The molecule has 10 rings (SSSR count). The van der Waals surface area contributed by atoms with Gasteiger partial charge in [0.25, 0.3) is 0 Å². The van der Waals surface area contributed by atoms with Crippen LogP contribution in [-0.2, 0) is 5.41 Å². The van der Waals surface area contributed by atoms with Gasteiger partial charge in [0.05, 0.1) is 0 Å². The van der Waals surface area contributed by atoms with Crippen LogP contribution in [0.4, 0.5) is 0 Å². The van der Waals surface area contributed by atoms with Crippen LogP contribution in [0.2, 0.25) is 0 Å². The van der Waals surface area contributed by atoms with E-state index < -0.39 is 0 Å². The molecular formula is C48H33N3S. The van der Waals surface area contributed by atoms with E-state index in [0.717, 1.165) is 27.8 Å². The summed E-state index contributed by atoms with van der Waals surface area (Å²) in [5, 5.41) is 2.62. The molecule has 0 bridgehead atoms. The second-order valence-corrected chi connectivity index (χ2v) is 15.1. The quantitative estimate of drug-likeness (QED) is 0.181. The molecule has 246 valence electrons. The summed E-state index contributed by atoms with van der Waals surface area (Å²) < 4.78 is 2.63. The summed E-state index contributed by atoms with van der Waals surface area (Å²) in [7, 11) is 0. The highest BCUT2D eigenvalue weighted by Crippen LogP contribution is 2.51. The Kier molecular flexibility index (Phi) is 7.02. The summed E-state index contributed by atoms with van der Waals surface area (Å²) in [6.07, 6.45) is 0. The fraction of sp³-hybridized carbons (Fsp3) is 0.0625. The lowest BCUT2D eigenvalue weighted by Crippen LogP contribution is -2.14. The van der Waals surface area contributed by atoms with Crippen LogP contribution in [0.15, 0.2) is 164 Å². The molecule has 1 aliphatic rings. The Morgan fingerprint density at radius 1 is 0.404 bits per heavy atom. The highest BCUT2D eigenvalue weighted by molar-refractivity contribution is 7.26. The van der Waals surface area contributed by atoms with Crippen LogP contribution < -0.4 is 0 Å². The molecule has 0 fully saturated rings. The molecule has 0 aliphatic heterocycles. The molecule has 7 aromatic carbocycles. The van der Waals surface area contributed by atoms with E-state index in [1.165, 1.54) is 53.6 Å². The minimum absolute atomic E-state index is 0.120. The lowest BCUT2D eigenvalue weighted by molar-refractivity contribution is 0.660. The van der Waals surface area contributed by atoms with E-state index in [-0.39, 0.29) is 5.41 Å². The first kappa shape index (κ1) is 30.6. The van der Waals surface area contributed by atoms with Crippen molar-refractivity contribution in [3.8, 4) is 67.5 Å². The molecule has 0 N–H and O–H groups in total. The van der Waals surface area contributed by atoms with Gasteiger partial charge in [0, 0.05) is 42.3 Å². The number of aromatic nitrogens is 3. The van der Waals surface area contributed by atoms with E-state index in [4.69, 9.17) is 15.0 Å². The Morgan fingerprint density at radius 3 is 1.79 bits per heavy atom. The van der Waals surface area contributed by atoms with Crippen LogP contribution in [0.5, 0.6) is 0 Å². The Labute approximate surface area is 307 Å². The van der Waals surface area contributed by atoms with Crippen LogP contribution >= 0.6 is 11.3 Å². The van der Waals surface area contributed by atoms with Crippen molar-refractivity contribution in [1.82, 2.24) is 15.0 Å². The van der Waals surface area contributed by atoms with Crippen molar-refractivity contribution in [3.05, 3.63) is 175 Å². The average Bonchev–Trinajstić information content (AvgIpc) is 3.70. The number of nitrogens with zero attached hydrogens (tertiary/aromatic N) is 3. The van der Waals surface area contributed by atoms with Gasteiger partial charge >= 0.3 is 0 Å². The molecule has 4 heteroatoms. The Bertz CT molecular complexity index is 2830. The van der Waals surface area contributed by atoms with E-state index in [1.807, 2.05) is 29.5 Å². The van der Waals surface area contributed by atoms with Gasteiger partial charge in [0.2, 0.25) is 0 Å². The molecule has 0 spiro atoms. The predicted molar refractivity (Wildman–Crippen MR) is 217 cm³/mol. The Hall–Kier alpha value is -6.23. The summed E-state index contributed by atoms with van der Waals surface area (Å²) in [4.78, 5) is 15.5. The topological polar surface area (TPSA) is 38.7 Å². The standard InChI is InChI=1S/C48H33N3S/c1-48(2)40-25-8-6-21-38(40)43-39(24-13-26-41(43)48)47-50-45(30-14-4-3-5-15-30)49-46(51-47)34-19-11-17-32(29-34)31-16-10-18-33(28-31)35-22-12-23-37-36-20-7-9-27-42(36)52-44(35)37/h3-29H,1-2H3. The molecule has 3 nitrogen and oxygen atoms in total. The SMILES string of the molecule is CC1(C)c2ccccc2-c2c(-c3nc(-c4ccccc4)nc(-c4cccc(-c5cccc(-c6cccc7c6sc6ccccc67)c5)c4)n3)cccc21. The van der Waals surface area contributed by atoms with Crippen molar-refractivity contribution in [2.45, 2.75) is 19.3 Å². The molecule has 0 unspecified atom stereocenters. The fourth-order valence-corrected chi connectivity index (χ4v) is 9.20. The molecular weight excluding hydrogens is 651 g/mol. The maximum Gasteiger partial charge on any atom is 0.164 e.